The summed E-state index contributed by atoms with van der Waals surface area (Å²) in [6.07, 6.45) is 3.49. The Labute approximate surface area is 177 Å². The number of hydrogen-bond acceptors (Lipinski definition) is 3. The molecule has 2 aromatic carbocycles. The van der Waals surface area contributed by atoms with Gasteiger partial charge in [-0.2, -0.15) is 0 Å². The zero-order chi connectivity index (χ0) is 21.1. The van der Waals surface area contributed by atoms with Crippen molar-refractivity contribution >= 4 is 34.8 Å². The molecular formula is C22H28N4O2S. The van der Waals surface area contributed by atoms with Crippen LogP contribution < -0.4 is 21.5 Å². The molecule has 0 bridgehead atoms. The Morgan fingerprint density at radius 3 is 2.31 bits per heavy atom. The van der Waals surface area contributed by atoms with E-state index >= 15 is 0 Å². The van der Waals surface area contributed by atoms with E-state index in [4.69, 9.17) is 12.2 Å². The van der Waals surface area contributed by atoms with E-state index < -0.39 is 6.04 Å². The third kappa shape index (κ3) is 8.31. The van der Waals surface area contributed by atoms with E-state index in [9.17, 15) is 9.59 Å². The van der Waals surface area contributed by atoms with Gasteiger partial charge in [0.1, 0.15) is 0 Å². The zero-order valence-electron chi connectivity index (χ0n) is 16.8. The molecule has 0 aromatic heterocycles. The maximum atomic E-state index is 12.3. The van der Waals surface area contributed by atoms with Crippen LogP contribution in [0.25, 0.3) is 0 Å². The van der Waals surface area contributed by atoms with Gasteiger partial charge in [-0.15, -0.1) is 0 Å². The summed E-state index contributed by atoms with van der Waals surface area (Å²) in [6, 6.07) is 17.0. The molecule has 0 aliphatic carbocycles. The largest absolute Gasteiger partial charge is 0.349 e. The molecule has 0 aliphatic heterocycles. The van der Waals surface area contributed by atoms with Crippen LogP contribution in [0.5, 0.6) is 0 Å². The summed E-state index contributed by atoms with van der Waals surface area (Å²) in [7, 11) is 0. The van der Waals surface area contributed by atoms with Crippen molar-refractivity contribution in [3.05, 3.63) is 65.7 Å². The maximum absolute atomic E-state index is 12.3. The number of nitrogens with one attached hydrogen (secondary N) is 4. The minimum Gasteiger partial charge on any atom is -0.349 e. The maximum Gasteiger partial charge on any atom is 0.240 e. The summed E-state index contributed by atoms with van der Waals surface area (Å²) in [4.78, 5) is 23.8. The van der Waals surface area contributed by atoms with E-state index in [1.165, 1.54) is 25.3 Å². The second-order valence-corrected chi connectivity index (χ2v) is 7.20. The molecule has 29 heavy (non-hydrogen) atoms. The molecule has 1 atom stereocenters. The van der Waals surface area contributed by atoms with Crippen LogP contribution in [0.15, 0.2) is 54.6 Å². The number of aryl methyl sites for hydroxylation is 1. The van der Waals surface area contributed by atoms with E-state index in [-0.39, 0.29) is 23.3 Å². The Bertz CT molecular complexity index is 809. The number of hydrazine groups is 1. The molecule has 4 N–H and O–H groups in total. The fourth-order valence-electron chi connectivity index (χ4n) is 2.84. The normalized spacial score (nSPS) is 11.2. The highest BCUT2D eigenvalue weighted by molar-refractivity contribution is 7.80. The number of anilines is 1. The summed E-state index contributed by atoms with van der Waals surface area (Å²) in [6.45, 7) is 3.60. The van der Waals surface area contributed by atoms with Gasteiger partial charge in [0.25, 0.3) is 0 Å². The van der Waals surface area contributed by atoms with E-state index in [1.54, 1.807) is 0 Å². The molecule has 0 saturated carbocycles. The minimum absolute atomic E-state index is 0.0886. The summed E-state index contributed by atoms with van der Waals surface area (Å²) in [5.41, 5.74) is 8.26. The quantitative estimate of drug-likeness (QED) is 0.393. The first-order valence-electron chi connectivity index (χ1n) is 9.74. The molecule has 2 amide bonds. The van der Waals surface area contributed by atoms with Gasteiger partial charge < -0.3 is 10.6 Å². The van der Waals surface area contributed by atoms with E-state index in [1.807, 2.05) is 42.5 Å². The summed E-state index contributed by atoms with van der Waals surface area (Å²) in [5, 5.41) is 6.12. The van der Waals surface area contributed by atoms with E-state index in [0.717, 1.165) is 17.7 Å². The predicted octanol–water partition coefficient (Wildman–Crippen LogP) is 3.61. The summed E-state index contributed by atoms with van der Waals surface area (Å²) >= 11 is 5.23. The Balaban J connectivity index is 1.82. The lowest BCUT2D eigenvalue weighted by Crippen LogP contribution is -2.45. The minimum atomic E-state index is -0.410. The van der Waals surface area contributed by atoms with Gasteiger partial charge in [0.2, 0.25) is 11.8 Å². The highest BCUT2D eigenvalue weighted by Gasteiger charge is 2.17. The van der Waals surface area contributed by atoms with Crippen LogP contribution in [0, 0.1) is 0 Å². The molecule has 2 aromatic rings. The second-order valence-electron chi connectivity index (χ2n) is 6.80. The van der Waals surface area contributed by atoms with Crippen LogP contribution in [-0.4, -0.2) is 16.9 Å². The van der Waals surface area contributed by atoms with Crippen LogP contribution in [-0.2, 0) is 16.0 Å². The lowest BCUT2D eigenvalue weighted by molar-refractivity contribution is -0.123. The van der Waals surface area contributed by atoms with Gasteiger partial charge in [-0.3, -0.25) is 20.4 Å². The molecule has 0 aliphatic rings. The van der Waals surface area contributed by atoms with Crippen molar-refractivity contribution in [3.63, 3.8) is 0 Å². The number of rotatable bonds is 8. The molecule has 0 spiro atoms. The van der Waals surface area contributed by atoms with Crippen LogP contribution in [0.3, 0.4) is 0 Å². The molecule has 0 radical (unpaired) electrons. The van der Waals surface area contributed by atoms with Crippen LogP contribution >= 0.6 is 12.2 Å². The summed E-state index contributed by atoms with van der Waals surface area (Å²) in [5.74, 6) is -0.481. The molecule has 6 nitrogen and oxygen atoms in total. The number of unbranched alkanes of at least 4 members (excludes halogenated alkanes) is 1. The molecule has 2 rings (SSSR count). The van der Waals surface area contributed by atoms with Crippen molar-refractivity contribution in [2.45, 2.75) is 45.6 Å². The van der Waals surface area contributed by atoms with Crippen molar-refractivity contribution in [1.29, 1.82) is 0 Å². The molecule has 0 heterocycles. The standard InChI is InChI=1S/C22H28N4O2S/c1-3-4-8-17-11-13-19(14-12-17)24-22(29)26-25-21(28)15-20(23-16(2)27)18-9-6-5-7-10-18/h5-7,9-14,20H,3-4,8,15H2,1-2H3,(H,23,27)(H,25,28)(H2,24,26,29)/t20-/m0/s1. The molecule has 154 valence electrons. The van der Waals surface area contributed by atoms with Crippen LogP contribution in [0.1, 0.15) is 50.3 Å². The van der Waals surface area contributed by atoms with Crippen molar-refractivity contribution < 1.29 is 9.59 Å². The molecule has 7 heteroatoms. The fraction of sp³-hybridized carbons (Fsp3) is 0.318. The topological polar surface area (TPSA) is 82.3 Å². The number of thiocarbonyl (C=S) groups is 1. The van der Waals surface area contributed by atoms with Crippen LogP contribution in [0.4, 0.5) is 5.69 Å². The molecule has 0 fully saturated rings. The molecular weight excluding hydrogens is 384 g/mol. The fourth-order valence-corrected chi connectivity index (χ4v) is 3.01. The third-order valence-corrected chi connectivity index (χ3v) is 4.52. The highest BCUT2D eigenvalue weighted by Crippen LogP contribution is 2.16. The van der Waals surface area contributed by atoms with Gasteiger partial charge in [-0.1, -0.05) is 55.8 Å². The van der Waals surface area contributed by atoms with Gasteiger partial charge in [0, 0.05) is 12.6 Å². The zero-order valence-corrected chi connectivity index (χ0v) is 17.6. The van der Waals surface area contributed by atoms with Crippen molar-refractivity contribution in [3.8, 4) is 0 Å². The number of amides is 2. The molecule has 0 saturated heterocycles. The first-order valence-corrected chi connectivity index (χ1v) is 10.2. The lowest BCUT2D eigenvalue weighted by atomic mass is 10.0. The number of hydrogen-bond donors (Lipinski definition) is 4. The van der Waals surface area contributed by atoms with Crippen molar-refractivity contribution in [2.75, 3.05) is 5.32 Å². The SMILES string of the molecule is CCCCc1ccc(NC(=S)NNC(=O)C[C@H](NC(C)=O)c2ccccc2)cc1. The third-order valence-electron chi connectivity index (χ3n) is 4.32. The Hall–Kier alpha value is -2.93. The second kappa shape index (κ2) is 11.8. The smallest absolute Gasteiger partial charge is 0.240 e. The number of carbonyl (C=O) groups is 2. The average Bonchev–Trinajstić information content (AvgIpc) is 2.71. The van der Waals surface area contributed by atoms with E-state index in [0.29, 0.717) is 0 Å². The van der Waals surface area contributed by atoms with Gasteiger partial charge in [-0.25, -0.2) is 0 Å². The van der Waals surface area contributed by atoms with Gasteiger partial charge >= 0.3 is 0 Å². The lowest BCUT2D eigenvalue weighted by Gasteiger charge is -2.18. The Morgan fingerprint density at radius 1 is 1.00 bits per heavy atom. The van der Waals surface area contributed by atoms with Crippen molar-refractivity contribution in [2.24, 2.45) is 0 Å². The first-order chi connectivity index (χ1) is 14.0. The Morgan fingerprint density at radius 2 is 1.69 bits per heavy atom. The van der Waals surface area contributed by atoms with Gasteiger partial charge in [0.05, 0.1) is 12.5 Å². The summed E-state index contributed by atoms with van der Waals surface area (Å²) < 4.78 is 0. The van der Waals surface area contributed by atoms with E-state index in [2.05, 4.69) is 40.5 Å². The highest BCUT2D eigenvalue weighted by atomic mass is 32.1. The molecule has 0 unspecified atom stereocenters. The van der Waals surface area contributed by atoms with Crippen LogP contribution in [0.2, 0.25) is 0 Å². The van der Waals surface area contributed by atoms with Gasteiger partial charge in [-0.05, 0) is 48.3 Å². The Kier molecular flexibility index (Phi) is 9.11. The first kappa shape index (κ1) is 22.4. The average molecular weight is 413 g/mol. The van der Waals surface area contributed by atoms with Crippen molar-refractivity contribution in [1.82, 2.24) is 16.2 Å². The predicted molar refractivity (Wildman–Crippen MR) is 120 cm³/mol. The number of benzene rings is 2. The van der Waals surface area contributed by atoms with Gasteiger partial charge in [0.15, 0.2) is 5.11 Å². The number of carbonyl (C=O) groups excluding carboxylic acids is 2. The monoisotopic (exact) mass is 412 g/mol.